The lowest BCUT2D eigenvalue weighted by Gasteiger charge is -2.35. The fourth-order valence-electron chi connectivity index (χ4n) is 4.39. The summed E-state index contributed by atoms with van der Waals surface area (Å²) < 4.78 is 1.79. The zero-order chi connectivity index (χ0) is 17.6. The lowest BCUT2D eigenvalue weighted by Crippen LogP contribution is -2.42. The van der Waals surface area contributed by atoms with E-state index in [4.69, 9.17) is 0 Å². The minimum atomic E-state index is 0.0268. The summed E-state index contributed by atoms with van der Waals surface area (Å²) in [5.74, 6) is 1.97. The third-order valence-electron chi connectivity index (χ3n) is 5.47. The van der Waals surface area contributed by atoms with Gasteiger partial charge >= 0.3 is 0 Å². The van der Waals surface area contributed by atoms with E-state index in [1.807, 2.05) is 4.90 Å². The first-order valence-corrected chi connectivity index (χ1v) is 9.35. The zero-order valence-corrected chi connectivity index (χ0v) is 15.0. The Morgan fingerprint density at radius 2 is 1.92 bits per heavy atom. The van der Waals surface area contributed by atoms with E-state index in [2.05, 4.69) is 18.8 Å². The van der Waals surface area contributed by atoms with Gasteiger partial charge in [0.1, 0.15) is 5.82 Å². The highest BCUT2D eigenvalue weighted by atomic mass is 16.2. The summed E-state index contributed by atoms with van der Waals surface area (Å²) in [6, 6.07) is 5.36. The number of hydrogen-bond donors (Lipinski definition) is 0. The van der Waals surface area contributed by atoms with Gasteiger partial charge < -0.3 is 4.90 Å². The molecule has 2 atom stereocenters. The molecule has 2 aromatic rings. The molecule has 5 heteroatoms. The summed E-state index contributed by atoms with van der Waals surface area (Å²) in [5.41, 5.74) is 1.32. The van der Waals surface area contributed by atoms with Gasteiger partial charge in [0.15, 0.2) is 0 Å². The number of aryl methyl sites for hydroxylation is 1. The standard InChI is InChI=1S/C20H25N3O2/c1-13-9-14(2)12-22(11-13)19(24)15-6-7-16-17(10-15)21-18-5-3-4-8-23(18)20(16)25/h6-7,10,13-14H,3-5,8-9,11-12H2,1-2H3/t13-,14+. The van der Waals surface area contributed by atoms with Crippen LogP contribution >= 0.6 is 0 Å². The van der Waals surface area contributed by atoms with Crippen LogP contribution in [0.15, 0.2) is 23.0 Å². The van der Waals surface area contributed by atoms with Crippen LogP contribution in [-0.2, 0) is 13.0 Å². The number of amides is 1. The molecular weight excluding hydrogens is 314 g/mol. The summed E-state index contributed by atoms with van der Waals surface area (Å²) in [5, 5.41) is 0.614. The lowest BCUT2D eigenvalue weighted by atomic mass is 9.91. The van der Waals surface area contributed by atoms with Crippen molar-refractivity contribution < 1.29 is 4.79 Å². The fraction of sp³-hybridized carbons (Fsp3) is 0.550. The Balaban J connectivity index is 1.71. The van der Waals surface area contributed by atoms with Crippen LogP contribution in [0.5, 0.6) is 0 Å². The molecule has 25 heavy (non-hydrogen) atoms. The molecule has 0 spiro atoms. The normalized spacial score (nSPS) is 23.5. The molecule has 0 aliphatic carbocycles. The van der Waals surface area contributed by atoms with Crippen LogP contribution in [0.1, 0.15) is 49.3 Å². The number of rotatable bonds is 1. The molecule has 4 rings (SSSR count). The number of benzene rings is 1. The quantitative estimate of drug-likeness (QED) is 0.803. The molecule has 1 amide bonds. The monoisotopic (exact) mass is 339 g/mol. The number of nitrogens with zero attached hydrogens (tertiary/aromatic N) is 3. The van der Waals surface area contributed by atoms with Gasteiger partial charge in [0.25, 0.3) is 11.5 Å². The van der Waals surface area contributed by atoms with Gasteiger partial charge in [-0.15, -0.1) is 0 Å². The van der Waals surface area contributed by atoms with Crippen LogP contribution in [0.25, 0.3) is 10.9 Å². The third-order valence-corrected chi connectivity index (χ3v) is 5.47. The molecule has 1 aromatic heterocycles. The van der Waals surface area contributed by atoms with Gasteiger partial charge in [0.05, 0.1) is 10.9 Å². The number of carbonyl (C=O) groups excluding carboxylic acids is 1. The van der Waals surface area contributed by atoms with Crippen LogP contribution in [0, 0.1) is 11.8 Å². The summed E-state index contributed by atoms with van der Waals surface area (Å²) in [4.78, 5) is 32.2. The van der Waals surface area contributed by atoms with Crippen molar-refractivity contribution in [1.82, 2.24) is 14.5 Å². The van der Waals surface area contributed by atoms with Gasteiger partial charge in [-0.25, -0.2) is 4.98 Å². The maximum Gasteiger partial charge on any atom is 0.261 e. The Bertz CT molecular complexity index is 876. The van der Waals surface area contributed by atoms with Crippen molar-refractivity contribution in [1.29, 1.82) is 0 Å². The van der Waals surface area contributed by atoms with Gasteiger partial charge in [0.2, 0.25) is 0 Å². The molecular formula is C20H25N3O2. The second-order valence-corrected chi connectivity index (χ2v) is 7.83. The molecule has 1 saturated heterocycles. The van der Waals surface area contributed by atoms with E-state index in [0.717, 1.165) is 44.7 Å². The molecule has 1 aromatic carbocycles. The molecule has 2 aliphatic heterocycles. The fourth-order valence-corrected chi connectivity index (χ4v) is 4.39. The van der Waals surface area contributed by atoms with Crippen molar-refractivity contribution in [3.8, 4) is 0 Å². The number of likely N-dealkylation sites (tertiary alicyclic amines) is 1. The minimum Gasteiger partial charge on any atom is -0.338 e. The van der Waals surface area contributed by atoms with E-state index < -0.39 is 0 Å². The van der Waals surface area contributed by atoms with E-state index in [1.54, 1.807) is 22.8 Å². The molecule has 2 aliphatic rings. The molecule has 0 bridgehead atoms. The molecule has 0 N–H and O–H groups in total. The minimum absolute atomic E-state index is 0.0268. The second-order valence-electron chi connectivity index (χ2n) is 7.83. The van der Waals surface area contributed by atoms with E-state index >= 15 is 0 Å². The van der Waals surface area contributed by atoms with Crippen LogP contribution in [-0.4, -0.2) is 33.4 Å². The SMILES string of the molecule is C[C@@H]1C[C@H](C)CN(C(=O)c2ccc3c(=O)n4c(nc3c2)CCCC4)C1. The largest absolute Gasteiger partial charge is 0.338 e. The van der Waals surface area contributed by atoms with Crippen LogP contribution in [0.2, 0.25) is 0 Å². The van der Waals surface area contributed by atoms with Crippen molar-refractivity contribution >= 4 is 16.8 Å². The van der Waals surface area contributed by atoms with Gasteiger partial charge in [-0.3, -0.25) is 14.2 Å². The molecule has 1 fully saturated rings. The number of piperidine rings is 1. The van der Waals surface area contributed by atoms with Crippen molar-refractivity contribution in [2.24, 2.45) is 11.8 Å². The summed E-state index contributed by atoms with van der Waals surface area (Å²) in [7, 11) is 0. The number of carbonyl (C=O) groups is 1. The first kappa shape index (κ1) is 16.3. The Morgan fingerprint density at radius 3 is 2.68 bits per heavy atom. The van der Waals surface area contributed by atoms with Crippen molar-refractivity contribution in [2.45, 2.75) is 46.1 Å². The molecule has 0 unspecified atom stereocenters. The molecule has 132 valence electrons. The molecule has 0 radical (unpaired) electrons. The van der Waals surface area contributed by atoms with Crippen LogP contribution < -0.4 is 5.56 Å². The first-order chi connectivity index (χ1) is 12.0. The van der Waals surface area contributed by atoms with Crippen molar-refractivity contribution in [2.75, 3.05) is 13.1 Å². The number of hydrogen-bond acceptors (Lipinski definition) is 3. The average molecular weight is 339 g/mol. The lowest BCUT2D eigenvalue weighted by molar-refractivity contribution is 0.0623. The van der Waals surface area contributed by atoms with E-state index in [1.165, 1.54) is 6.42 Å². The van der Waals surface area contributed by atoms with Gasteiger partial charge in [-0.05, 0) is 49.3 Å². The van der Waals surface area contributed by atoms with Gasteiger partial charge in [-0.2, -0.15) is 0 Å². The maximum absolute atomic E-state index is 12.9. The average Bonchev–Trinajstić information content (AvgIpc) is 2.60. The van der Waals surface area contributed by atoms with Gasteiger partial charge in [0, 0.05) is 31.6 Å². The highest BCUT2D eigenvalue weighted by molar-refractivity contribution is 5.97. The molecule has 0 saturated carbocycles. The maximum atomic E-state index is 12.9. The molecule has 3 heterocycles. The van der Waals surface area contributed by atoms with Crippen molar-refractivity contribution in [3.63, 3.8) is 0 Å². The van der Waals surface area contributed by atoms with Crippen LogP contribution in [0.3, 0.4) is 0 Å². The van der Waals surface area contributed by atoms with E-state index in [0.29, 0.717) is 28.3 Å². The summed E-state index contributed by atoms with van der Waals surface area (Å²) in [6.07, 6.45) is 4.11. The highest BCUT2D eigenvalue weighted by Crippen LogP contribution is 2.23. The van der Waals surface area contributed by atoms with E-state index in [9.17, 15) is 9.59 Å². The van der Waals surface area contributed by atoms with Gasteiger partial charge in [-0.1, -0.05) is 13.8 Å². The smallest absolute Gasteiger partial charge is 0.261 e. The topological polar surface area (TPSA) is 55.2 Å². The second kappa shape index (κ2) is 6.28. The number of aromatic nitrogens is 2. The predicted molar refractivity (Wildman–Crippen MR) is 97.8 cm³/mol. The summed E-state index contributed by atoms with van der Waals surface area (Å²) >= 11 is 0. The number of fused-ring (bicyclic) bond motifs is 2. The van der Waals surface area contributed by atoms with Crippen molar-refractivity contribution in [3.05, 3.63) is 39.9 Å². The Morgan fingerprint density at radius 1 is 1.16 bits per heavy atom. The summed E-state index contributed by atoms with van der Waals surface area (Å²) in [6.45, 7) is 6.76. The predicted octanol–water partition coefficient (Wildman–Crippen LogP) is 2.85. The Hall–Kier alpha value is -2.17. The van der Waals surface area contributed by atoms with Crippen LogP contribution in [0.4, 0.5) is 0 Å². The van der Waals surface area contributed by atoms with E-state index in [-0.39, 0.29) is 11.5 Å². The Kier molecular flexibility index (Phi) is 4.10. The Labute approximate surface area is 147 Å². The third kappa shape index (κ3) is 2.96. The highest BCUT2D eigenvalue weighted by Gasteiger charge is 2.26. The zero-order valence-electron chi connectivity index (χ0n) is 15.0. The molecule has 5 nitrogen and oxygen atoms in total. The first-order valence-electron chi connectivity index (χ1n) is 9.35.